The van der Waals surface area contributed by atoms with E-state index in [0.717, 1.165) is 43.4 Å². The maximum Gasteiger partial charge on any atom is 0.325 e. The van der Waals surface area contributed by atoms with Crippen molar-refractivity contribution in [3.63, 3.8) is 0 Å². The highest BCUT2D eigenvalue weighted by molar-refractivity contribution is 6.11. The first-order valence-corrected chi connectivity index (χ1v) is 10.3. The number of carbonyl (C=O) groups is 4. The van der Waals surface area contributed by atoms with E-state index in [1.807, 2.05) is 0 Å². The molecule has 2 saturated carbocycles. The van der Waals surface area contributed by atoms with Gasteiger partial charge in [-0.25, -0.2) is 4.79 Å². The smallest absolute Gasteiger partial charge is 0.325 e. The zero-order valence-corrected chi connectivity index (χ0v) is 16.3. The summed E-state index contributed by atoms with van der Waals surface area (Å²) in [6, 6.07) is 6.40. The van der Waals surface area contributed by atoms with Gasteiger partial charge in [-0.3, -0.25) is 19.3 Å². The van der Waals surface area contributed by atoms with Gasteiger partial charge in [-0.1, -0.05) is 37.8 Å². The summed E-state index contributed by atoms with van der Waals surface area (Å²) >= 11 is 0. The minimum Gasteiger partial charge on any atom is -0.349 e. The molecular formula is C21H26N4O4. The Kier molecular flexibility index (Phi) is 5.25. The molecule has 29 heavy (non-hydrogen) atoms. The Bertz CT molecular complexity index is 841. The summed E-state index contributed by atoms with van der Waals surface area (Å²) in [5, 5.41) is 8.46. The number of imide groups is 1. The van der Waals surface area contributed by atoms with Gasteiger partial charge < -0.3 is 16.0 Å². The van der Waals surface area contributed by atoms with Gasteiger partial charge in [0.25, 0.3) is 11.8 Å². The van der Waals surface area contributed by atoms with Crippen molar-refractivity contribution >= 4 is 29.4 Å². The van der Waals surface area contributed by atoms with Crippen LogP contribution in [-0.4, -0.2) is 46.8 Å². The molecule has 2 aliphatic carbocycles. The van der Waals surface area contributed by atoms with Gasteiger partial charge in [-0.15, -0.1) is 0 Å². The first-order valence-electron chi connectivity index (χ1n) is 10.3. The van der Waals surface area contributed by atoms with Crippen LogP contribution < -0.4 is 16.0 Å². The standard InChI is InChI=1S/C21H26N4O4/c26-17(13-25-19(28)21(24-20(25)29)11-5-6-12-21)23-16-10-4-3-9-15(16)18(27)22-14-7-1-2-8-14/h3-4,9-10,14H,1-2,5-8,11-13H2,(H,22,27)(H,23,26)(H,24,29). The van der Waals surface area contributed by atoms with E-state index in [1.165, 1.54) is 0 Å². The molecule has 1 aliphatic heterocycles. The number of urea groups is 1. The van der Waals surface area contributed by atoms with Gasteiger partial charge in [0.05, 0.1) is 11.3 Å². The van der Waals surface area contributed by atoms with Crippen LogP contribution in [0.5, 0.6) is 0 Å². The third kappa shape index (κ3) is 3.83. The van der Waals surface area contributed by atoms with E-state index in [4.69, 9.17) is 0 Å². The highest BCUT2D eigenvalue weighted by atomic mass is 16.2. The SMILES string of the molecule is O=C(CN1C(=O)NC2(CCCC2)C1=O)Nc1ccccc1C(=O)NC1CCCC1. The summed E-state index contributed by atoms with van der Waals surface area (Å²) in [6.07, 6.45) is 7.14. The molecule has 0 unspecified atom stereocenters. The van der Waals surface area contributed by atoms with Gasteiger partial charge >= 0.3 is 6.03 Å². The maximum atomic E-state index is 12.7. The summed E-state index contributed by atoms with van der Waals surface area (Å²) in [7, 11) is 0. The van der Waals surface area contributed by atoms with Crippen LogP contribution in [0, 0.1) is 0 Å². The lowest BCUT2D eigenvalue weighted by molar-refractivity contribution is -0.133. The fourth-order valence-electron chi connectivity index (χ4n) is 4.59. The van der Waals surface area contributed by atoms with E-state index in [-0.39, 0.29) is 24.4 Å². The fourth-order valence-corrected chi connectivity index (χ4v) is 4.59. The van der Waals surface area contributed by atoms with Crippen molar-refractivity contribution in [2.45, 2.75) is 62.9 Å². The Balaban J connectivity index is 1.42. The number of carbonyl (C=O) groups excluding carboxylic acids is 4. The highest BCUT2D eigenvalue weighted by Crippen LogP contribution is 2.35. The molecule has 1 aromatic carbocycles. The molecule has 3 N–H and O–H groups in total. The van der Waals surface area contributed by atoms with Gasteiger partial charge in [-0.2, -0.15) is 0 Å². The maximum absolute atomic E-state index is 12.7. The van der Waals surface area contributed by atoms with E-state index in [2.05, 4.69) is 16.0 Å². The molecule has 0 bridgehead atoms. The number of para-hydroxylation sites is 1. The monoisotopic (exact) mass is 398 g/mol. The fraction of sp³-hybridized carbons (Fsp3) is 0.524. The first kappa shape index (κ1) is 19.4. The molecule has 1 spiro atoms. The van der Waals surface area contributed by atoms with Crippen molar-refractivity contribution in [2.75, 3.05) is 11.9 Å². The van der Waals surface area contributed by atoms with Crippen LogP contribution in [0.4, 0.5) is 10.5 Å². The quantitative estimate of drug-likeness (QED) is 0.661. The number of anilines is 1. The molecule has 1 saturated heterocycles. The molecule has 1 aromatic rings. The Morgan fingerprint density at radius 1 is 1.07 bits per heavy atom. The number of amides is 5. The molecule has 0 aromatic heterocycles. The lowest BCUT2D eigenvalue weighted by atomic mass is 9.98. The minimum atomic E-state index is -0.837. The first-order chi connectivity index (χ1) is 14.0. The molecular weight excluding hydrogens is 372 g/mol. The van der Waals surface area contributed by atoms with E-state index in [9.17, 15) is 19.2 Å². The minimum absolute atomic E-state index is 0.166. The second-order valence-corrected chi connectivity index (χ2v) is 8.16. The molecule has 1 heterocycles. The van der Waals surface area contributed by atoms with Crippen LogP contribution in [-0.2, 0) is 9.59 Å². The van der Waals surface area contributed by atoms with Crippen molar-refractivity contribution < 1.29 is 19.2 Å². The number of hydrogen-bond donors (Lipinski definition) is 3. The van der Waals surface area contributed by atoms with Crippen molar-refractivity contribution in [1.82, 2.24) is 15.5 Å². The lowest BCUT2D eigenvalue weighted by Gasteiger charge is -2.20. The number of nitrogens with zero attached hydrogens (tertiary/aromatic N) is 1. The summed E-state index contributed by atoms with van der Waals surface area (Å²) in [5.74, 6) is -1.07. The summed E-state index contributed by atoms with van der Waals surface area (Å²) in [5.41, 5.74) is -0.0935. The molecule has 8 nitrogen and oxygen atoms in total. The summed E-state index contributed by atoms with van der Waals surface area (Å²) in [6.45, 7) is -0.370. The van der Waals surface area contributed by atoms with Crippen LogP contribution in [0.1, 0.15) is 61.7 Å². The van der Waals surface area contributed by atoms with Crippen molar-refractivity contribution in [1.29, 1.82) is 0 Å². The lowest BCUT2D eigenvalue weighted by Crippen LogP contribution is -2.44. The Morgan fingerprint density at radius 3 is 2.48 bits per heavy atom. The highest BCUT2D eigenvalue weighted by Gasteiger charge is 2.52. The van der Waals surface area contributed by atoms with Gasteiger partial charge in [0, 0.05) is 6.04 Å². The number of rotatable bonds is 5. The predicted molar refractivity (Wildman–Crippen MR) is 106 cm³/mol. The van der Waals surface area contributed by atoms with E-state index in [1.54, 1.807) is 24.3 Å². The van der Waals surface area contributed by atoms with E-state index in [0.29, 0.717) is 24.1 Å². The predicted octanol–water partition coefficient (Wildman–Crippen LogP) is 2.16. The molecule has 154 valence electrons. The second kappa shape index (κ2) is 7.85. The molecule has 5 amide bonds. The number of benzene rings is 1. The van der Waals surface area contributed by atoms with Gasteiger partial charge in [0.15, 0.2) is 0 Å². The van der Waals surface area contributed by atoms with Gasteiger partial charge in [-0.05, 0) is 37.8 Å². The molecule has 8 heteroatoms. The zero-order valence-electron chi connectivity index (χ0n) is 16.3. The Hall–Kier alpha value is -2.90. The van der Waals surface area contributed by atoms with Gasteiger partial charge in [0.2, 0.25) is 5.91 Å². The third-order valence-corrected chi connectivity index (χ3v) is 6.14. The third-order valence-electron chi connectivity index (χ3n) is 6.14. The Labute approximate surface area is 169 Å². The van der Waals surface area contributed by atoms with Crippen LogP contribution in [0.2, 0.25) is 0 Å². The van der Waals surface area contributed by atoms with Crippen LogP contribution >= 0.6 is 0 Å². The molecule has 3 fully saturated rings. The second-order valence-electron chi connectivity index (χ2n) is 8.16. The van der Waals surface area contributed by atoms with Crippen LogP contribution in [0.15, 0.2) is 24.3 Å². The molecule has 0 atom stereocenters. The molecule has 3 aliphatic rings. The van der Waals surface area contributed by atoms with Crippen LogP contribution in [0.25, 0.3) is 0 Å². The topological polar surface area (TPSA) is 108 Å². The number of nitrogens with one attached hydrogen (secondary N) is 3. The van der Waals surface area contributed by atoms with Crippen molar-refractivity contribution in [3.8, 4) is 0 Å². The van der Waals surface area contributed by atoms with E-state index < -0.39 is 17.5 Å². The number of hydrogen-bond acceptors (Lipinski definition) is 4. The summed E-state index contributed by atoms with van der Waals surface area (Å²) in [4.78, 5) is 51.1. The van der Waals surface area contributed by atoms with Crippen molar-refractivity contribution in [3.05, 3.63) is 29.8 Å². The van der Waals surface area contributed by atoms with Crippen LogP contribution in [0.3, 0.4) is 0 Å². The zero-order chi connectivity index (χ0) is 20.4. The summed E-state index contributed by atoms with van der Waals surface area (Å²) < 4.78 is 0. The van der Waals surface area contributed by atoms with E-state index >= 15 is 0 Å². The van der Waals surface area contributed by atoms with Gasteiger partial charge in [0.1, 0.15) is 12.1 Å². The average molecular weight is 398 g/mol. The average Bonchev–Trinajstić information content (AvgIpc) is 3.42. The largest absolute Gasteiger partial charge is 0.349 e. The molecule has 4 rings (SSSR count). The normalized spacial score (nSPS) is 20.9. The Morgan fingerprint density at radius 2 is 1.76 bits per heavy atom. The van der Waals surface area contributed by atoms with Crippen molar-refractivity contribution in [2.24, 2.45) is 0 Å². The molecule has 0 radical (unpaired) electrons.